The molecule has 5 nitrogen and oxygen atoms in total. The normalized spacial score (nSPS) is 12.1. The number of carbonyl (C=O) groups is 1. The van der Waals surface area contributed by atoms with Crippen molar-refractivity contribution in [2.75, 3.05) is 11.9 Å². The van der Waals surface area contributed by atoms with Crippen LogP contribution in [0.1, 0.15) is 18.6 Å². The van der Waals surface area contributed by atoms with Crippen LogP contribution in [0.4, 0.5) is 5.00 Å². The van der Waals surface area contributed by atoms with E-state index in [1.54, 1.807) is 0 Å². The molecule has 2 rings (SSSR count). The molecule has 0 saturated carbocycles. The van der Waals surface area contributed by atoms with Gasteiger partial charge in [-0.2, -0.15) is 0 Å². The molecule has 0 spiro atoms. The van der Waals surface area contributed by atoms with Gasteiger partial charge in [0.1, 0.15) is 5.00 Å². The predicted octanol–water partition coefficient (Wildman–Crippen LogP) is 2.25. The van der Waals surface area contributed by atoms with Crippen molar-refractivity contribution in [3.05, 3.63) is 42.1 Å². The van der Waals surface area contributed by atoms with E-state index in [1.807, 2.05) is 37.3 Å². The van der Waals surface area contributed by atoms with Gasteiger partial charge in [-0.1, -0.05) is 34.8 Å². The van der Waals surface area contributed by atoms with E-state index in [0.717, 1.165) is 17.1 Å². The Morgan fingerprint density at radius 3 is 2.83 bits per heavy atom. The number of nitrogens with one attached hydrogen (secondary N) is 1. The lowest BCUT2D eigenvalue weighted by Crippen LogP contribution is -2.23. The van der Waals surface area contributed by atoms with Crippen molar-refractivity contribution >= 4 is 22.4 Å². The topological polar surface area (TPSA) is 64.1 Å². The van der Waals surface area contributed by atoms with Gasteiger partial charge in [0.15, 0.2) is 6.10 Å². The number of anilines is 1. The van der Waals surface area contributed by atoms with Crippen LogP contribution in [-0.2, 0) is 9.53 Å². The molecule has 6 heteroatoms. The number of benzene rings is 1. The van der Waals surface area contributed by atoms with Gasteiger partial charge in [-0.15, -0.1) is 5.10 Å². The highest BCUT2D eigenvalue weighted by Gasteiger charge is 2.21. The summed E-state index contributed by atoms with van der Waals surface area (Å²) in [5.74, 6) is -0.214. The van der Waals surface area contributed by atoms with Gasteiger partial charge in [0, 0.05) is 18.1 Å². The minimum absolute atomic E-state index is 0.214. The van der Waals surface area contributed by atoms with Gasteiger partial charge < -0.3 is 10.1 Å². The molecule has 1 amide bonds. The minimum atomic E-state index is -0.613. The van der Waals surface area contributed by atoms with Crippen molar-refractivity contribution in [3.8, 4) is 0 Å². The predicted molar refractivity (Wildman–Crippen MR) is 69.3 cm³/mol. The highest BCUT2D eigenvalue weighted by Crippen LogP contribution is 2.20. The number of nitrogens with zero attached hydrogens (tertiary/aromatic N) is 2. The minimum Gasteiger partial charge on any atom is -0.364 e. The molecule has 94 valence electrons. The average molecular weight is 263 g/mol. The summed E-state index contributed by atoms with van der Waals surface area (Å²) in [7, 11) is 0. The van der Waals surface area contributed by atoms with Crippen molar-refractivity contribution in [1.82, 2.24) is 9.59 Å². The lowest BCUT2D eigenvalue weighted by Gasteiger charge is -2.16. The molecular weight excluding hydrogens is 250 g/mol. The van der Waals surface area contributed by atoms with E-state index >= 15 is 0 Å². The van der Waals surface area contributed by atoms with Crippen LogP contribution in [0, 0.1) is 0 Å². The fraction of sp³-hybridized carbons (Fsp3) is 0.250. The third-order valence-electron chi connectivity index (χ3n) is 2.28. The molecule has 2 aromatic rings. The third kappa shape index (κ3) is 3.12. The second kappa shape index (κ2) is 6.23. The molecule has 0 saturated heterocycles. The smallest absolute Gasteiger partial charge is 0.258 e. The highest BCUT2D eigenvalue weighted by molar-refractivity contribution is 7.10. The van der Waals surface area contributed by atoms with Crippen LogP contribution in [-0.4, -0.2) is 22.1 Å². The van der Waals surface area contributed by atoms with Gasteiger partial charge >= 0.3 is 0 Å². The number of aromatic nitrogens is 2. The fourth-order valence-electron chi connectivity index (χ4n) is 1.53. The Morgan fingerprint density at radius 2 is 2.22 bits per heavy atom. The standard InChI is InChI=1S/C12H13N3O2S/c1-2-17-11(9-6-4-3-5-7-9)12(16)14-10-8-13-15-18-10/h3-8,11H,2H2,1H3,(H,14,16)/t11-/m1/s1. The SMILES string of the molecule is CCO[C@@H](C(=O)Nc1cnns1)c1ccccc1. The monoisotopic (exact) mass is 263 g/mol. The summed E-state index contributed by atoms with van der Waals surface area (Å²) in [5.41, 5.74) is 0.828. The maximum absolute atomic E-state index is 12.1. The van der Waals surface area contributed by atoms with Gasteiger partial charge in [-0.05, 0) is 12.5 Å². The molecule has 1 heterocycles. The lowest BCUT2D eigenvalue weighted by atomic mass is 10.1. The molecular formula is C12H13N3O2S. The third-order valence-corrected chi connectivity index (χ3v) is 2.86. The van der Waals surface area contributed by atoms with Gasteiger partial charge in [-0.3, -0.25) is 4.79 Å². The maximum Gasteiger partial charge on any atom is 0.258 e. The first-order valence-corrected chi connectivity index (χ1v) is 6.33. The summed E-state index contributed by atoms with van der Waals surface area (Å²) in [5, 5.41) is 7.01. The molecule has 0 unspecified atom stereocenters. The van der Waals surface area contributed by atoms with E-state index in [9.17, 15) is 4.79 Å². The summed E-state index contributed by atoms with van der Waals surface area (Å²) < 4.78 is 9.18. The molecule has 1 N–H and O–H groups in total. The first kappa shape index (κ1) is 12.7. The number of rotatable bonds is 5. The number of ether oxygens (including phenoxy) is 1. The quantitative estimate of drug-likeness (QED) is 0.898. The molecule has 0 aliphatic rings. The zero-order valence-electron chi connectivity index (χ0n) is 9.87. The number of hydrogen-bond acceptors (Lipinski definition) is 5. The summed E-state index contributed by atoms with van der Waals surface area (Å²) in [6.07, 6.45) is 0.898. The largest absolute Gasteiger partial charge is 0.364 e. The second-order valence-electron chi connectivity index (χ2n) is 3.52. The van der Waals surface area contributed by atoms with E-state index < -0.39 is 6.10 Å². The molecule has 0 aliphatic heterocycles. The van der Waals surface area contributed by atoms with E-state index in [1.165, 1.54) is 6.20 Å². The van der Waals surface area contributed by atoms with Crippen LogP contribution < -0.4 is 5.32 Å². The number of amides is 1. The van der Waals surface area contributed by atoms with Crippen LogP contribution in [0.3, 0.4) is 0 Å². The van der Waals surface area contributed by atoms with Crippen molar-refractivity contribution in [1.29, 1.82) is 0 Å². The van der Waals surface area contributed by atoms with E-state index in [0.29, 0.717) is 11.6 Å². The highest BCUT2D eigenvalue weighted by atomic mass is 32.1. The summed E-state index contributed by atoms with van der Waals surface area (Å²) >= 11 is 1.13. The van der Waals surface area contributed by atoms with Crippen LogP contribution >= 0.6 is 11.5 Å². The fourth-order valence-corrected chi connectivity index (χ4v) is 1.95. The molecule has 0 fully saturated rings. The van der Waals surface area contributed by atoms with E-state index in [2.05, 4.69) is 14.9 Å². The van der Waals surface area contributed by atoms with Crippen molar-refractivity contribution < 1.29 is 9.53 Å². The summed E-state index contributed by atoms with van der Waals surface area (Å²) in [6, 6.07) is 9.39. The Labute approximate surface area is 109 Å². The van der Waals surface area contributed by atoms with E-state index in [4.69, 9.17) is 4.74 Å². The Kier molecular flexibility index (Phi) is 4.38. The summed E-state index contributed by atoms with van der Waals surface area (Å²) in [6.45, 7) is 2.32. The van der Waals surface area contributed by atoms with Crippen molar-refractivity contribution in [3.63, 3.8) is 0 Å². The maximum atomic E-state index is 12.1. The van der Waals surface area contributed by atoms with Crippen LogP contribution in [0.5, 0.6) is 0 Å². The van der Waals surface area contributed by atoms with Gasteiger partial charge in [0.2, 0.25) is 0 Å². The molecule has 0 bridgehead atoms. The zero-order valence-corrected chi connectivity index (χ0v) is 10.7. The first-order chi connectivity index (χ1) is 8.81. The van der Waals surface area contributed by atoms with Crippen molar-refractivity contribution in [2.24, 2.45) is 0 Å². The van der Waals surface area contributed by atoms with Crippen LogP contribution in [0.25, 0.3) is 0 Å². The van der Waals surface area contributed by atoms with Gasteiger partial charge in [-0.25, -0.2) is 0 Å². The Morgan fingerprint density at radius 1 is 1.44 bits per heavy atom. The van der Waals surface area contributed by atoms with Gasteiger partial charge in [0.05, 0.1) is 6.20 Å². The molecule has 0 aliphatic carbocycles. The number of hydrogen-bond donors (Lipinski definition) is 1. The molecule has 0 radical (unpaired) electrons. The molecule has 1 aromatic heterocycles. The number of carbonyl (C=O) groups excluding carboxylic acids is 1. The molecule has 1 aromatic carbocycles. The summed E-state index contributed by atoms with van der Waals surface area (Å²) in [4.78, 5) is 12.1. The Hall–Kier alpha value is -1.79. The molecule has 18 heavy (non-hydrogen) atoms. The van der Waals surface area contributed by atoms with E-state index in [-0.39, 0.29) is 5.91 Å². The van der Waals surface area contributed by atoms with Crippen molar-refractivity contribution in [2.45, 2.75) is 13.0 Å². The Balaban J connectivity index is 2.12. The Bertz CT molecular complexity index is 487. The molecule has 1 atom stereocenters. The van der Waals surface area contributed by atoms with Crippen LogP contribution in [0.2, 0.25) is 0 Å². The van der Waals surface area contributed by atoms with Crippen LogP contribution in [0.15, 0.2) is 36.5 Å². The lowest BCUT2D eigenvalue weighted by molar-refractivity contribution is -0.127. The van der Waals surface area contributed by atoms with Gasteiger partial charge in [0.25, 0.3) is 5.91 Å². The second-order valence-corrected chi connectivity index (χ2v) is 4.30. The first-order valence-electron chi connectivity index (χ1n) is 5.56. The average Bonchev–Trinajstić information content (AvgIpc) is 2.89. The zero-order chi connectivity index (χ0) is 12.8.